The molecule has 0 bridgehead atoms. The molecule has 0 fully saturated rings. The molecule has 25 heavy (non-hydrogen) atoms. The third-order valence-corrected chi connectivity index (χ3v) is 4.20. The van der Waals surface area contributed by atoms with E-state index < -0.39 is 0 Å². The summed E-state index contributed by atoms with van der Waals surface area (Å²) in [5.74, 6) is 1.02. The molecule has 3 nitrogen and oxygen atoms in total. The van der Waals surface area contributed by atoms with Gasteiger partial charge in [0.2, 0.25) is 0 Å². The fourth-order valence-electron chi connectivity index (χ4n) is 2.62. The molecule has 0 saturated carbocycles. The van der Waals surface area contributed by atoms with E-state index in [4.69, 9.17) is 10.5 Å². The molecule has 0 aliphatic rings. The lowest BCUT2D eigenvalue weighted by molar-refractivity contribution is 0.307. The molecular formula is C22H24N2O. The summed E-state index contributed by atoms with van der Waals surface area (Å²) in [4.78, 5) is 4.27. The van der Waals surface area contributed by atoms with Crippen molar-refractivity contribution >= 4 is 5.82 Å². The third kappa shape index (κ3) is 4.18. The Labute approximate surface area is 149 Å². The fourth-order valence-corrected chi connectivity index (χ4v) is 2.62. The van der Waals surface area contributed by atoms with Crippen LogP contribution in [0.2, 0.25) is 0 Å². The van der Waals surface area contributed by atoms with Gasteiger partial charge >= 0.3 is 0 Å². The van der Waals surface area contributed by atoms with Crippen molar-refractivity contribution in [1.29, 1.82) is 0 Å². The summed E-state index contributed by atoms with van der Waals surface area (Å²) in [6.45, 7) is 7.09. The second-order valence-corrected chi connectivity index (χ2v) is 7.21. The lowest BCUT2D eigenvalue weighted by Crippen LogP contribution is -2.10. The molecule has 0 aliphatic carbocycles. The summed E-state index contributed by atoms with van der Waals surface area (Å²) in [7, 11) is 0. The topological polar surface area (TPSA) is 48.1 Å². The molecule has 1 heterocycles. The summed E-state index contributed by atoms with van der Waals surface area (Å²) in [6.07, 6.45) is 1.77. The maximum absolute atomic E-state index is 5.98. The number of hydrogen-bond donors (Lipinski definition) is 1. The molecule has 3 rings (SSSR count). The zero-order valence-electron chi connectivity index (χ0n) is 15.0. The highest BCUT2D eigenvalue weighted by Gasteiger charge is 2.13. The molecule has 1 aromatic heterocycles. The minimum absolute atomic E-state index is 0.151. The van der Waals surface area contributed by atoms with Crippen LogP contribution in [0.25, 0.3) is 11.1 Å². The highest BCUT2D eigenvalue weighted by molar-refractivity contribution is 5.66. The third-order valence-electron chi connectivity index (χ3n) is 4.20. The van der Waals surface area contributed by atoms with E-state index in [2.05, 4.69) is 50.0 Å². The van der Waals surface area contributed by atoms with Gasteiger partial charge in [0.25, 0.3) is 0 Å². The van der Waals surface area contributed by atoms with Crippen LogP contribution in [-0.4, -0.2) is 4.98 Å². The standard InChI is InChI=1S/C22H24N2O/c1-22(2,3)19-11-9-16(10-12-19)15-25-20-13-18(14-24-21(20)23)17-7-5-4-6-8-17/h4-14H,15H2,1-3H3,(H2,23,24). The number of hydrogen-bond acceptors (Lipinski definition) is 3. The smallest absolute Gasteiger partial charge is 0.166 e. The largest absolute Gasteiger partial charge is 0.485 e. The first kappa shape index (κ1) is 17.0. The number of anilines is 1. The first-order valence-electron chi connectivity index (χ1n) is 8.46. The van der Waals surface area contributed by atoms with Crippen LogP contribution in [0.4, 0.5) is 5.82 Å². The molecule has 2 N–H and O–H groups in total. The number of nitrogens with two attached hydrogens (primary N) is 1. The molecule has 128 valence electrons. The lowest BCUT2D eigenvalue weighted by atomic mass is 9.87. The number of nitrogen functional groups attached to an aromatic ring is 1. The van der Waals surface area contributed by atoms with E-state index in [1.807, 2.05) is 36.4 Å². The van der Waals surface area contributed by atoms with Crippen LogP contribution in [0.3, 0.4) is 0 Å². The van der Waals surface area contributed by atoms with Crippen LogP contribution < -0.4 is 10.5 Å². The van der Waals surface area contributed by atoms with E-state index in [9.17, 15) is 0 Å². The van der Waals surface area contributed by atoms with E-state index in [0.29, 0.717) is 18.2 Å². The van der Waals surface area contributed by atoms with Crippen LogP contribution in [0.15, 0.2) is 66.9 Å². The van der Waals surface area contributed by atoms with Gasteiger partial charge in [-0.1, -0.05) is 75.4 Å². The van der Waals surface area contributed by atoms with Crippen molar-refractivity contribution in [2.45, 2.75) is 32.8 Å². The maximum Gasteiger partial charge on any atom is 0.166 e. The second-order valence-electron chi connectivity index (χ2n) is 7.21. The van der Waals surface area contributed by atoms with E-state index in [-0.39, 0.29) is 5.41 Å². The van der Waals surface area contributed by atoms with Gasteiger partial charge in [0.05, 0.1) is 0 Å². The molecule has 3 heteroatoms. The molecule has 0 atom stereocenters. The molecule has 0 saturated heterocycles. The Hall–Kier alpha value is -2.81. The molecule has 2 aromatic carbocycles. The highest BCUT2D eigenvalue weighted by Crippen LogP contribution is 2.28. The van der Waals surface area contributed by atoms with Gasteiger partial charge in [-0.2, -0.15) is 0 Å². The van der Waals surface area contributed by atoms with Crippen molar-refractivity contribution in [3.8, 4) is 16.9 Å². The Kier molecular flexibility index (Phi) is 4.75. The van der Waals surface area contributed by atoms with Gasteiger partial charge in [-0.3, -0.25) is 0 Å². The van der Waals surface area contributed by atoms with E-state index in [1.54, 1.807) is 6.20 Å². The van der Waals surface area contributed by atoms with Gasteiger partial charge < -0.3 is 10.5 Å². The first-order valence-corrected chi connectivity index (χ1v) is 8.46. The van der Waals surface area contributed by atoms with Crippen molar-refractivity contribution in [2.24, 2.45) is 0 Å². The fraction of sp³-hybridized carbons (Fsp3) is 0.227. The van der Waals surface area contributed by atoms with Crippen molar-refractivity contribution in [1.82, 2.24) is 4.98 Å². The van der Waals surface area contributed by atoms with Gasteiger partial charge in [0.1, 0.15) is 6.61 Å². The minimum atomic E-state index is 0.151. The quantitative estimate of drug-likeness (QED) is 0.713. The molecular weight excluding hydrogens is 308 g/mol. The van der Waals surface area contributed by atoms with Crippen LogP contribution in [0.5, 0.6) is 5.75 Å². The Morgan fingerprint density at radius 3 is 2.24 bits per heavy atom. The Morgan fingerprint density at radius 1 is 0.920 bits per heavy atom. The minimum Gasteiger partial charge on any atom is -0.485 e. The van der Waals surface area contributed by atoms with Crippen LogP contribution in [-0.2, 0) is 12.0 Å². The molecule has 0 radical (unpaired) electrons. The van der Waals surface area contributed by atoms with E-state index in [0.717, 1.165) is 16.7 Å². The van der Waals surface area contributed by atoms with Gasteiger partial charge in [0.15, 0.2) is 11.6 Å². The summed E-state index contributed by atoms with van der Waals surface area (Å²) >= 11 is 0. The van der Waals surface area contributed by atoms with Crippen LogP contribution >= 0.6 is 0 Å². The second kappa shape index (κ2) is 6.98. The first-order chi connectivity index (χ1) is 11.9. The number of ether oxygens (including phenoxy) is 1. The number of aromatic nitrogens is 1. The predicted octanol–water partition coefficient (Wildman–Crippen LogP) is 5.21. The Morgan fingerprint density at radius 2 is 1.60 bits per heavy atom. The van der Waals surface area contributed by atoms with Gasteiger partial charge in [-0.05, 0) is 28.2 Å². The normalized spacial score (nSPS) is 11.3. The Balaban J connectivity index is 1.75. The maximum atomic E-state index is 5.98. The van der Waals surface area contributed by atoms with Crippen molar-refractivity contribution in [3.63, 3.8) is 0 Å². The van der Waals surface area contributed by atoms with Gasteiger partial charge in [-0.25, -0.2) is 4.98 Å². The summed E-state index contributed by atoms with van der Waals surface area (Å²) in [6, 6.07) is 20.5. The van der Waals surface area contributed by atoms with Gasteiger partial charge in [0, 0.05) is 11.8 Å². The lowest BCUT2D eigenvalue weighted by Gasteiger charge is -2.19. The van der Waals surface area contributed by atoms with Crippen LogP contribution in [0.1, 0.15) is 31.9 Å². The highest BCUT2D eigenvalue weighted by atomic mass is 16.5. The van der Waals surface area contributed by atoms with Crippen molar-refractivity contribution in [2.75, 3.05) is 5.73 Å². The zero-order valence-corrected chi connectivity index (χ0v) is 15.0. The predicted molar refractivity (Wildman–Crippen MR) is 104 cm³/mol. The molecule has 0 unspecified atom stereocenters. The monoisotopic (exact) mass is 332 g/mol. The number of benzene rings is 2. The van der Waals surface area contributed by atoms with Gasteiger partial charge in [-0.15, -0.1) is 0 Å². The average molecular weight is 332 g/mol. The molecule has 0 amide bonds. The zero-order chi connectivity index (χ0) is 17.9. The summed E-state index contributed by atoms with van der Waals surface area (Å²) < 4.78 is 5.92. The SMILES string of the molecule is CC(C)(C)c1ccc(COc2cc(-c3ccccc3)cnc2N)cc1. The Bertz CT molecular complexity index is 834. The summed E-state index contributed by atoms with van der Waals surface area (Å²) in [5.41, 5.74) is 10.6. The molecule has 0 aliphatic heterocycles. The number of nitrogens with zero attached hydrogens (tertiary/aromatic N) is 1. The van der Waals surface area contributed by atoms with Crippen LogP contribution in [0, 0.1) is 0 Å². The molecule has 0 spiro atoms. The average Bonchev–Trinajstić information content (AvgIpc) is 2.61. The van der Waals surface area contributed by atoms with E-state index in [1.165, 1.54) is 5.56 Å². The number of pyridine rings is 1. The van der Waals surface area contributed by atoms with Crippen molar-refractivity contribution < 1.29 is 4.74 Å². The van der Waals surface area contributed by atoms with E-state index >= 15 is 0 Å². The summed E-state index contributed by atoms with van der Waals surface area (Å²) in [5, 5.41) is 0. The molecule has 3 aromatic rings. The number of rotatable bonds is 4. The van der Waals surface area contributed by atoms with Crippen molar-refractivity contribution in [3.05, 3.63) is 78.0 Å².